The van der Waals surface area contributed by atoms with E-state index < -0.39 is 23.9 Å². The van der Waals surface area contributed by atoms with E-state index in [0.29, 0.717) is 32.6 Å². The molecule has 160 valence electrons. The van der Waals surface area contributed by atoms with Crippen molar-refractivity contribution >= 4 is 30.2 Å². The van der Waals surface area contributed by atoms with Gasteiger partial charge in [-0.1, -0.05) is 60.7 Å². The van der Waals surface area contributed by atoms with Crippen LogP contribution < -0.4 is 5.73 Å². The molecule has 0 unspecified atom stereocenters. The SMILES string of the molecule is Cl.NCCCN1CCN(CC(=O)OC(c2ccccc2)c2ccccc2)C(=O)C1=O. The lowest BCUT2D eigenvalue weighted by Gasteiger charge is -2.33. The summed E-state index contributed by atoms with van der Waals surface area (Å²) >= 11 is 0. The van der Waals surface area contributed by atoms with E-state index in [-0.39, 0.29) is 19.0 Å². The molecule has 0 saturated carbocycles. The fourth-order valence-electron chi connectivity index (χ4n) is 3.27. The maximum absolute atomic E-state index is 12.6. The zero-order valence-corrected chi connectivity index (χ0v) is 17.4. The van der Waals surface area contributed by atoms with Crippen LogP contribution in [0.25, 0.3) is 0 Å². The van der Waals surface area contributed by atoms with Crippen molar-refractivity contribution in [3.63, 3.8) is 0 Å². The predicted molar refractivity (Wildman–Crippen MR) is 115 cm³/mol. The normalized spacial score (nSPS) is 13.9. The first-order chi connectivity index (χ1) is 14.1. The number of carbonyl (C=O) groups is 3. The van der Waals surface area contributed by atoms with E-state index in [2.05, 4.69) is 0 Å². The zero-order chi connectivity index (χ0) is 20.6. The Labute approximate surface area is 182 Å². The second-order valence-electron chi connectivity index (χ2n) is 6.85. The Morgan fingerprint density at radius 2 is 1.40 bits per heavy atom. The van der Waals surface area contributed by atoms with Gasteiger partial charge >= 0.3 is 17.8 Å². The van der Waals surface area contributed by atoms with Crippen LogP contribution in [0.5, 0.6) is 0 Å². The number of nitrogens with zero attached hydrogens (tertiary/aromatic N) is 2. The average Bonchev–Trinajstić information content (AvgIpc) is 2.76. The molecule has 2 aromatic rings. The lowest BCUT2D eigenvalue weighted by molar-refractivity contribution is -0.161. The van der Waals surface area contributed by atoms with Crippen molar-refractivity contribution in [2.75, 3.05) is 32.7 Å². The number of halogens is 1. The minimum absolute atomic E-state index is 0. The molecule has 8 heteroatoms. The Morgan fingerprint density at radius 3 is 1.93 bits per heavy atom. The van der Waals surface area contributed by atoms with Crippen LogP contribution in [0.4, 0.5) is 0 Å². The van der Waals surface area contributed by atoms with E-state index in [1.165, 1.54) is 9.80 Å². The molecule has 0 bridgehead atoms. The van der Waals surface area contributed by atoms with Gasteiger partial charge in [0.2, 0.25) is 0 Å². The molecule has 0 radical (unpaired) electrons. The molecule has 1 aliphatic rings. The van der Waals surface area contributed by atoms with Gasteiger partial charge in [0.25, 0.3) is 0 Å². The van der Waals surface area contributed by atoms with Gasteiger partial charge in [0, 0.05) is 19.6 Å². The number of amides is 2. The van der Waals surface area contributed by atoms with Gasteiger partial charge in [0.05, 0.1) is 0 Å². The maximum atomic E-state index is 12.6. The molecule has 0 aliphatic carbocycles. The highest BCUT2D eigenvalue weighted by atomic mass is 35.5. The predicted octanol–water partition coefficient (Wildman–Crippen LogP) is 1.76. The van der Waals surface area contributed by atoms with Crippen molar-refractivity contribution in [1.82, 2.24) is 9.80 Å². The lowest BCUT2D eigenvalue weighted by Crippen LogP contribution is -2.55. The number of benzene rings is 2. The Morgan fingerprint density at radius 1 is 0.900 bits per heavy atom. The van der Waals surface area contributed by atoms with Gasteiger partial charge in [-0.2, -0.15) is 0 Å². The monoisotopic (exact) mass is 431 g/mol. The molecule has 2 aromatic carbocycles. The number of ether oxygens (including phenoxy) is 1. The van der Waals surface area contributed by atoms with Crippen LogP contribution >= 0.6 is 12.4 Å². The van der Waals surface area contributed by atoms with E-state index in [0.717, 1.165) is 11.1 Å². The van der Waals surface area contributed by atoms with Crippen molar-refractivity contribution in [2.45, 2.75) is 12.5 Å². The number of piperazine rings is 1. The summed E-state index contributed by atoms with van der Waals surface area (Å²) in [6.07, 6.45) is 0.0539. The first-order valence-electron chi connectivity index (χ1n) is 9.67. The van der Waals surface area contributed by atoms with E-state index in [1.807, 2.05) is 60.7 Å². The number of nitrogens with two attached hydrogens (primary N) is 1. The minimum Gasteiger partial charge on any atom is -0.451 e. The Bertz CT molecular complexity index is 808. The van der Waals surface area contributed by atoms with Crippen molar-refractivity contribution in [1.29, 1.82) is 0 Å². The topological polar surface area (TPSA) is 92.9 Å². The third kappa shape index (κ3) is 5.81. The van der Waals surface area contributed by atoms with E-state index in [9.17, 15) is 14.4 Å². The molecule has 2 N–H and O–H groups in total. The second-order valence-corrected chi connectivity index (χ2v) is 6.85. The van der Waals surface area contributed by atoms with Crippen molar-refractivity contribution in [3.8, 4) is 0 Å². The highest BCUT2D eigenvalue weighted by Crippen LogP contribution is 2.26. The molecule has 7 nitrogen and oxygen atoms in total. The molecule has 0 atom stereocenters. The third-order valence-corrected chi connectivity index (χ3v) is 4.80. The number of hydrogen-bond acceptors (Lipinski definition) is 5. The Hall–Kier alpha value is -2.90. The van der Waals surface area contributed by atoms with Crippen LogP contribution in [0, 0.1) is 0 Å². The highest BCUT2D eigenvalue weighted by Gasteiger charge is 2.34. The second kappa shape index (κ2) is 11.3. The number of carbonyl (C=O) groups excluding carboxylic acids is 3. The molecular weight excluding hydrogens is 406 g/mol. The smallest absolute Gasteiger partial charge is 0.326 e. The summed E-state index contributed by atoms with van der Waals surface area (Å²) in [4.78, 5) is 39.9. The van der Waals surface area contributed by atoms with Crippen molar-refractivity contribution < 1.29 is 19.1 Å². The van der Waals surface area contributed by atoms with Crippen molar-refractivity contribution in [2.24, 2.45) is 5.73 Å². The summed E-state index contributed by atoms with van der Waals surface area (Å²) in [5.74, 6) is -1.83. The van der Waals surface area contributed by atoms with Crippen LogP contribution in [0.3, 0.4) is 0 Å². The molecule has 1 saturated heterocycles. The summed E-state index contributed by atoms with van der Waals surface area (Å²) in [7, 11) is 0. The van der Waals surface area contributed by atoms with Gasteiger partial charge in [0.15, 0.2) is 6.10 Å². The standard InChI is InChI=1S/C22H25N3O4.ClH/c23-12-7-13-24-14-15-25(22(28)21(24)27)16-19(26)29-20(17-8-3-1-4-9-17)18-10-5-2-6-11-18;/h1-6,8-11,20H,7,12-16,23H2;1H. The van der Waals surface area contributed by atoms with Gasteiger partial charge in [-0.25, -0.2) is 0 Å². The average molecular weight is 432 g/mol. The number of hydrogen-bond donors (Lipinski definition) is 1. The number of esters is 1. The van der Waals surface area contributed by atoms with Gasteiger partial charge in [0.1, 0.15) is 6.54 Å². The van der Waals surface area contributed by atoms with Crippen LogP contribution in [-0.4, -0.2) is 60.3 Å². The minimum atomic E-state index is -0.679. The fraction of sp³-hybridized carbons (Fsp3) is 0.318. The van der Waals surface area contributed by atoms with E-state index in [1.54, 1.807) is 0 Å². The first-order valence-corrected chi connectivity index (χ1v) is 9.67. The van der Waals surface area contributed by atoms with Crippen LogP contribution in [0.2, 0.25) is 0 Å². The molecule has 1 fully saturated rings. The van der Waals surface area contributed by atoms with Crippen LogP contribution in [0.15, 0.2) is 60.7 Å². The lowest BCUT2D eigenvalue weighted by atomic mass is 10.0. The summed E-state index contributed by atoms with van der Waals surface area (Å²) in [6, 6.07) is 18.8. The zero-order valence-electron chi connectivity index (χ0n) is 16.6. The molecule has 3 rings (SSSR count). The van der Waals surface area contributed by atoms with Gasteiger partial charge in [-0.3, -0.25) is 14.4 Å². The summed E-state index contributed by atoms with van der Waals surface area (Å²) < 4.78 is 5.73. The molecular formula is C22H26ClN3O4. The third-order valence-electron chi connectivity index (χ3n) is 4.80. The van der Waals surface area contributed by atoms with E-state index in [4.69, 9.17) is 10.5 Å². The highest BCUT2D eigenvalue weighted by molar-refractivity contribution is 6.35. The largest absolute Gasteiger partial charge is 0.451 e. The molecule has 0 spiro atoms. The molecule has 1 aliphatic heterocycles. The Kier molecular flexibility index (Phi) is 8.83. The quantitative estimate of drug-likeness (QED) is 0.507. The van der Waals surface area contributed by atoms with Gasteiger partial charge < -0.3 is 20.3 Å². The van der Waals surface area contributed by atoms with Gasteiger partial charge in [-0.05, 0) is 24.1 Å². The molecule has 1 heterocycles. The van der Waals surface area contributed by atoms with Gasteiger partial charge in [-0.15, -0.1) is 12.4 Å². The molecule has 30 heavy (non-hydrogen) atoms. The summed E-state index contributed by atoms with van der Waals surface area (Å²) in [6.45, 7) is 1.33. The molecule has 0 aromatic heterocycles. The van der Waals surface area contributed by atoms with E-state index >= 15 is 0 Å². The van der Waals surface area contributed by atoms with Crippen LogP contribution in [0.1, 0.15) is 23.7 Å². The maximum Gasteiger partial charge on any atom is 0.326 e. The first kappa shape index (κ1) is 23.4. The summed E-state index contributed by atoms with van der Waals surface area (Å²) in [5, 5.41) is 0. The fourth-order valence-corrected chi connectivity index (χ4v) is 3.27. The van der Waals surface area contributed by atoms with Crippen molar-refractivity contribution in [3.05, 3.63) is 71.8 Å². The van der Waals surface area contributed by atoms with Crippen LogP contribution in [-0.2, 0) is 19.1 Å². The summed E-state index contributed by atoms with van der Waals surface area (Å²) in [5.41, 5.74) is 7.14. The number of rotatable bonds is 8. The molecule has 2 amide bonds. The Balaban J connectivity index is 0.00000320.